The summed E-state index contributed by atoms with van der Waals surface area (Å²) in [7, 11) is 0. The highest BCUT2D eigenvalue weighted by atomic mass is 35.5. The SMILES string of the molecule is CCC[C@H](C)CNC(=O)c1nc(Cl)c(N)nc1N. The quantitative estimate of drug-likeness (QED) is 0.751. The van der Waals surface area contributed by atoms with E-state index in [1.807, 2.05) is 0 Å². The summed E-state index contributed by atoms with van der Waals surface area (Å²) in [6.45, 7) is 4.73. The van der Waals surface area contributed by atoms with Crippen molar-refractivity contribution < 1.29 is 4.79 Å². The van der Waals surface area contributed by atoms with Crippen LogP contribution >= 0.6 is 11.6 Å². The smallest absolute Gasteiger partial charge is 0.273 e. The topological polar surface area (TPSA) is 107 Å². The third-order valence-electron chi connectivity index (χ3n) is 2.51. The fourth-order valence-corrected chi connectivity index (χ4v) is 1.68. The van der Waals surface area contributed by atoms with E-state index in [2.05, 4.69) is 29.1 Å². The van der Waals surface area contributed by atoms with Crippen LogP contribution in [0.4, 0.5) is 11.6 Å². The lowest BCUT2D eigenvalue weighted by Crippen LogP contribution is -2.30. The molecule has 5 N–H and O–H groups in total. The van der Waals surface area contributed by atoms with Crippen molar-refractivity contribution in [3.8, 4) is 0 Å². The predicted octanol–water partition coefficient (Wildman–Crippen LogP) is 1.46. The second-order valence-electron chi connectivity index (χ2n) is 4.24. The number of anilines is 2. The van der Waals surface area contributed by atoms with Gasteiger partial charge in [0.05, 0.1) is 0 Å². The Morgan fingerprint density at radius 3 is 2.67 bits per heavy atom. The minimum Gasteiger partial charge on any atom is -0.382 e. The molecule has 0 saturated heterocycles. The molecule has 0 aliphatic carbocycles. The molecule has 6 nitrogen and oxygen atoms in total. The Balaban J connectivity index is 2.70. The van der Waals surface area contributed by atoms with Crippen molar-refractivity contribution in [2.75, 3.05) is 18.0 Å². The van der Waals surface area contributed by atoms with Crippen LogP contribution in [0.3, 0.4) is 0 Å². The molecule has 0 bridgehead atoms. The third kappa shape index (κ3) is 3.73. The van der Waals surface area contributed by atoms with Crippen molar-refractivity contribution in [2.24, 2.45) is 5.92 Å². The summed E-state index contributed by atoms with van der Waals surface area (Å²) in [4.78, 5) is 19.4. The molecule has 1 amide bonds. The maximum absolute atomic E-state index is 11.8. The number of aromatic nitrogens is 2. The highest BCUT2D eigenvalue weighted by molar-refractivity contribution is 6.31. The van der Waals surface area contributed by atoms with Crippen molar-refractivity contribution in [2.45, 2.75) is 26.7 Å². The Bertz CT molecular complexity index is 438. The van der Waals surface area contributed by atoms with Crippen LogP contribution < -0.4 is 16.8 Å². The van der Waals surface area contributed by atoms with Crippen LogP contribution in [0.15, 0.2) is 0 Å². The zero-order chi connectivity index (χ0) is 13.7. The van der Waals surface area contributed by atoms with Gasteiger partial charge in [0.1, 0.15) is 0 Å². The average molecular weight is 272 g/mol. The second-order valence-corrected chi connectivity index (χ2v) is 4.60. The molecule has 0 aliphatic rings. The summed E-state index contributed by atoms with van der Waals surface area (Å²) < 4.78 is 0. The van der Waals surface area contributed by atoms with Crippen molar-refractivity contribution in [3.05, 3.63) is 10.8 Å². The van der Waals surface area contributed by atoms with E-state index in [9.17, 15) is 4.79 Å². The molecule has 1 aromatic heterocycles. The van der Waals surface area contributed by atoms with Crippen molar-refractivity contribution in [1.82, 2.24) is 15.3 Å². The van der Waals surface area contributed by atoms with E-state index in [4.69, 9.17) is 23.1 Å². The van der Waals surface area contributed by atoms with Gasteiger partial charge >= 0.3 is 0 Å². The van der Waals surface area contributed by atoms with Crippen LogP contribution in [0.1, 0.15) is 37.2 Å². The van der Waals surface area contributed by atoms with Crippen LogP contribution in [0.25, 0.3) is 0 Å². The number of carbonyl (C=O) groups excluding carboxylic acids is 1. The highest BCUT2D eigenvalue weighted by Gasteiger charge is 2.16. The normalized spacial score (nSPS) is 12.2. The predicted molar refractivity (Wildman–Crippen MR) is 72.3 cm³/mol. The molecule has 18 heavy (non-hydrogen) atoms. The number of hydrogen-bond acceptors (Lipinski definition) is 5. The van der Waals surface area contributed by atoms with Gasteiger partial charge in [-0.15, -0.1) is 0 Å². The molecule has 1 rings (SSSR count). The van der Waals surface area contributed by atoms with Gasteiger partial charge in [0, 0.05) is 6.54 Å². The first-order valence-electron chi connectivity index (χ1n) is 5.82. The molecular weight excluding hydrogens is 254 g/mol. The van der Waals surface area contributed by atoms with Gasteiger partial charge in [-0.05, 0) is 12.3 Å². The molecular formula is C11H18ClN5O. The summed E-state index contributed by atoms with van der Waals surface area (Å²) in [6.07, 6.45) is 2.12. The molecule has 1 atom stereocenters. The van der Waals surface area contributed by atoms with E-state index in [0.29, 0.717) is 12.5 Å². The van der Waals surface area contributed by atoms with Gasteiger partial charge in [-0.3, -0.25) is 4.79 Å². The standard InChI is InChI=1S/C11H18ClN5O/c1-3-4-6(2)5-15-11(18)7-9(13)17-10(14)8(12)16-7/h6H,3-5H2,1-2H3,(H,15,18)(H4,13,14,17)/t6-/m0/s1. The molecule has 0 unspecified atom stereocenters. The van der Waals surface area contributed by atoms with Gasteiger partial charge < -0.3 is 16.8 Å². The zero-order valence-corrected chi connectivity index (χ0v) is 11.3. The van der Waals surface area contributed by atoms with Crippen LogP contribution in [0, 0.1) is 5.92 Å². The maximum Gasteiger partial charge on any atom is 0.273 e. The monoisotopic (exact) mass is 271 g/mol. The summed E-state index contributed by atoms with van der Waals surface area (Å²) in [5.74, 6) is 0.0184. The van der Waals surface area contributed by atoms with Gasteiger partial charge in [-0.25, -0.2) is 9.97 Å². The molecule has 1 aromatic rings. The molecule has 0 fully saturated rings. The van der Waals surface area contributed by atoms with E-state index in [0.717, 1.165) is 12.8 Å². The van der Waals surface area contributed by atoms with Crippen LogP contribution in [-0.4, -0.2) is 22.4 Å². The first-order valence-corrected chi connectivity index (χ1v) is 6.20. The van der Waals surface area contributed by atoms with Gasteiger partial charge in [0.2, 0.25) is 0 Å². The minimum atomic E-state index is -0.384. The van der Waals surface area contributed by atoms with Crippen LogP contribution in [0.2, 0.25) is 5.15 Å². The Hall–Kier alpha value is -1.56. The number of carbonyl (C=O) groups is 1. The lowest BCUT2D eigenvalue weighted by Gasteiger charge is -2.12. The number of nitrogens with one attached hydrogen (secondary N) is 1. The van der Waals surface area contributed by atoms with E-state index in [1.54, 1.807) is 0 Å². The summed E-state index contributed by atoms with van der Waals surface area (Å²) in [5, 5.41) is 2.73. The van der Waals surface area contributed by atoms with E-state index >= 15 is 0 Å². The lowest BCUT2D eigenvalue weighted by atomic mass is 10.1. The fraction of sp³-hybridized carbons (Fsp3) is 0.545. The van der Waals surface area contributed by atoms with Gasteiger partial charge in [0.15, 0.2) is 22.5 Å². The number of amides is 1. The molecule has 0 radical (unpaired) electrons. The van der Waals surface area contributed by atoms with Gasteiger partial charge in [0.25, 0.3) is 5.91 Å². The van der Waals surface area contributed by atoms with E-state index in [1.165, 1.54) is 0 Å². The molecule has 0 aliphatic heterocycles. The van der Waals surface area contributed by atoms with Crippen LogP contribution in [-0.2, 0) is 0 Å². The lowest BCUT2D eigenvalue weighted by molar-refractivity contribution is 0.0943. The molecule has 7 heteroatoms. The first-order chi connectivity index (χ1) is 8.45. The average Bonchev–Trinajstić information content (AvgIpc) is 2.31. The Labute approximate surface area is 111 Å². The first kappa shape index (κ1) is 14.5. The van der Waals surface area contributed by atoms with Crippen LogP contribution in [0.5, 0.6) is 0 Å². The number of nitrogen functional groups attached to an aromatic ring is 2. The number of hydrogen-bond donors (Lipinski definition) is 3. The molecule has 0 aromatic carbocycles. The Morgan fingerprint density at radius 2 is 2.06 bits per heavy atom. The summed E-state index contributed by atoms with van der Waals surface area (Å²) >= 11 is 5.71. The molecule has 0 saturated carbocycles. The Morgan fingerprint density at radius 1 is 1.39 bits per heavy atom. The minimum absolute atomic E-state index is 0.0119. The fourth-order valence-electron chi connectivity index (χ4n) is 1.55. The molecule has 100 valence electrons. The maximum atomic E-state index is 11.8. The van der Waals surface area contributed by atoms with Gasteiger partial charge in [-0.2, -0.15) is 0 Å². The summed E-state index contributed by atoms with van der Waals surface area (Å²) in [6, 6.07) is 0. The number of rotatable bonds is 5. The van der Waals surface area contributed by atoms with Gasteiger partial charge in [-0.1, -0.05) is 31.9 Å². The number of halogens is 1. The summed E-state index contributed by atoms with van der Waals surface area (Å²) in [5.41, 5.74) is 11.0. The van der Waals surface area contributed by atoms with Crippen molar-refractivity contribution >= 4 is 29.1 Å². The second kappa shape index (κ2) is 6.39. The van der Waals surface area contributed by atoms with E-state index < -0.39 is 0 Å². The van der Waals surface area contributed by atoms with E-state index in [-0.39, 0.29) is 28.4 Å². The Kier molecular flexibility index (Phi) is 5.15. The zero-order valence-electron chi connectivity index (χ0n) is 10.5. The molecule has 1 heterocycles. The van der Waals surface area contributed by atoms with Crippen molar-refractivity contribution in [3.63, 3.8) is 0 Å². The largest absolute Gasteiger partial charge is 0.382 e. The number of nitrogens with zero attached hydrogens (tertiary/aromatic N) is 2. The highest BCUT2D eigenvalue weighted by Crippen LogP contribution is 2.17. The third-order valence-corrected chi connectivity index (χ3v) is 2.79. The number of nitrogens with two attached hydrogens (primary N) is 2. The molecule has 0 spiro atoms. The van der Waals surface area contributed by atoms with Crippen molar-refractivity contribution in [1.29, 1.82) is 0 Å².